The van der Waals surface area contributed by atoms with Crippen molar-refractivity contribution in [2.45, 2.75) is 19.4 Å². The maximum Gasteiger partial charge on any atom is 0.305 e. The molecule has 0 aliphatic heterocycles. The molecule has 156 valence electrons. The van der Waals surface area contributed by atoms with Gasteiger partial charge in [-0.25, -0.2) is 17.9 Å². The van der Waals surface area contributed by atoms with Crippen LogP contribution in [-0.2, 0) is 4.79 Å². The van der Waals surface area contributed by atoms with E-state index in [-0.39, 0.29) is 11.4 Å². The van der Waals surface area contributed by atoms with Crippen LogP contribution in [0.3, 0.4) is 0 Å². The Balaban J connectivity index is 1.91. The molecule has 1 unspecified atom stereocenters. The minimum absolute atomic E-state index is 0.265. The van der Waals surface area contributed by atoms with Gasteiger partial charge in [-0.05, 0) is 42.3 Å². The van der Waals surface area contributed by atoms with E-state index in [4.69, 9.17) is 5.11 Å². The molecule has 10 heteroatoms. The number of amides is 1. The topological polar surface area (TPSA) is 104 Å². The van der Waals surface area contributed by atoms with Gasteiger partial charge in [-0.1, -0.05) is 6.07 Å². The molecule has 0 fully saturated rings. The van der Waals surface area contributed by atoms with E-state index >= 15 is 0 Å². The quantitative estimate of drug-likeness (QED) is 0.572. The predicted molar refractivity (Wildman–Crippen MR) is 99.9 cm³/mol. The van der Waals surface area contributed by atoms with Crippen molar-refractivity contribution < 1.29 is 27.9 Å². The van der Waals surface area contributed by atoms with Crippen LogP contribution in [0.4, 0.5) is 13.2 Å². The first-order valence-electron chi connectivity index (χ1n) is 8.72. The summed E-state index contributed by atoms with van der Waals surface area (Å²) in [5.41, 5.74) is -0.520. The van der Waals surface area contributed by atoms with Crippen molar-refractivity contribution >= 4 is 11.9 Å². The summed E-state index contributed by atoms with van der Waals surface area (Å²) in [6, 6.07) is 6.15. The first kappa shape index (κ1) is 20.9. The second-order valence-corrected chi connectivity index (χ2v) is 6.56. The van der Waals surface area contributed by atoms with Crippen molar-refractivity contribution in [3.05, 3.63) is 87.1 Å². The largest absolute Gasteiger partial charge is 0.481 e. The molecule has 0 aliphatic carbocycles. The van der Waals surface area contributed by atoms with Gasteiger partial charge in [-0.2, -0.15) is 0 Å². The van der Waals surface area contributed by atoms with E-state index in [1.54, 1.807) is 6.92 Å². The zero-order valence-electron chi connectivity index (χ0n) is 15.6. The molecule has 0 aliphatic rings. The number of benzene rings is 2. The van der Waals surface area contributed by atoms with Crippen molar-refractivity contribution in [3.63, 3.8) is 0 Å². The second kappa shape index (κ2) is 8.27. The number of nitrogens with zero attached hydrogens (tertiary/aromatic N) is 1. The summed E-state index contributed by atoms with van der Waals surface area (Å²) in [7, 11) is 0. The molecule has 0 spiro atoms. The van der Waals surface area contributed by atoms with Gasteiger partial charge in [0.05, 0.1) is 12.5 Å². The maximum absolute atomic E-state index is 14.0. The predicted octanol–water partition coefficient (Wildman–Crippen LogP) is 2.84. The number of hydrogen-bond acceptors (Lipinski definition) is 3. The zero-order valence-corrected chi connectivity index (χ0v) is 15.6. The smallest absolute Gasteiger partial charge is 0.305 e. The monoisotopic (exact) mass is 419 g/mol. The highest BCUT2D eigenvalue weighted by molar-refractivity contribution is 5.92. The Bertz CT molecular complexity index is 1190. The number of carboxylic acids is 1. The Morgan fingerprint density at radius 1 is 1.10 bits per heavy atom. The molecule has 0 saturated heterocycles. The Morgan fingerprint density at radius 2 is 1.77 bits per heavy atom. The van der Waals surface area contributed by atoms with E-state index < -0.39 is 47.4 Å². The number of carbonyl (C=O) groups is 2. The van der Waals surface area contributed by atoms with Crippen LogP contribution >= 0.6 is 0 Å². The number of H-pyrrole nitrogens is 1. The molecular weight excluding hydrogens is 403 g/mol. The number of carboxylic acid groups (broad SMARTS) is 1. The molecule has 30 heavy (non-hydrogen) atoms. The number of halogens is 3. The van der Waals surface area contributed by atoms with Gasteiger partial charge in [-0.3, -0.25) is 19.5 Å². The molecule has 3 rings (SSSR count). The van der Waals surface area contributed by atoms with Gasteiger partial charge in [-0.15, -0.1) is 0 Å². The summed E-state index contributed by atoms with van der Waals surface area (Å²) in [6.45, 7) is 1.56. The lowest BCUT2D eigenvalue weighted by atomic mass is 9.98. The summed E-state index contributed by atoms with van der Waals surface area (Å²) >= 11 is 0. The molecule has 3 aromatic rings. The van der Waals surface area contributed by atoms with Crippen molar-refractivity contribution in [2.24, 2.45) is 0 Å². The molecule has 1 amide bonds. The number of nitrogens with one attached hydrogen (secondary N) is 2. The van der Waals surface area contributed by atoms with Gasteiger partial charge < -0.3 is 10.4 Å². The summed E-state index contributed by atoms with van der Waals surface area (Å²) in [6.07, 6.45) is -0.490. The fourth-order valence-corrected chi connectivity index (χ4v) is 3.03. The molecule has 0 bridgehead atoms. The average Bonchev–Trinajstić information content (AvgIpc) is 3.02. The van der Waals surface area contributed by atoms with E-state index in [0.717, 1.165) is 28.9 Å². The van der Waals surface area contributed by atoms with Crippen LogP contribution < -0.4 is 10.9 Å². The molecular formula is C20H16F3N3O4. The Morgan fingerprint density at radius 3 is 2.40 bits per heavy atom. The normalized spacial score (nSPS) is 11.9. The number of aliphatic carboxylic acids is 1. The van der Waals surface area contributed by atoms with Gasteiger partial charge in [0.1, 0.15) is 23.0 Å². The fraction of sp³-hybridized carbons (Fsp3) is 0.150. The van der Waals surface area contributed by atoms with Gasteiger partial charge in [0.15, 0.2) is 5.82 Å². The van der Waals surface area contributed by atoms with Gasteiger partial charge in [0.2, 0.25) is 0 Å². The van der Waals surface area contributed by atoms with Crippen molar-refractivity contribution in [1.29, 1.82) is 0 Å². The molecule has 0 radical (unpaired) electrons. The number of aromatic amines is 1. The zero-order chi connectivity index (χ0) is 22.0. The number of carbonyl (C=O) groups excluding carboxylic acids is 1. The van der Waals surface area contributed by atoms with Crippen molar-refractivity contribution in [3.8, 4) is 5.69 Å². The average molecular weight is 419 g/mol. The molecule has 7 nitrogen and oxygen atoms in total. The van der Waals surface area contributed by atoms with Crippen LogP contribution in [-0.4, -0.2) is 26.8 Å². The van der Waals surface area contributed by atoms with E-state index in [2.05, 4.69) is 10.4 Å². The standard InChI is InChI=1S/C20H16F3N3O4/c1-10-6-11(21)2-4-13(10)15(9-19(28)29)24-20(30)16-8-18(27)26(25-16)17-5-3-12(22)7-14(17)23/h2-8,15,25H,9H2,1H3,(H,24,30)(H,28,29). The Kier molecular flexibility index (Phi) is 5.77. The Labute approximate surface area is 167 Å². The fourth-order valence-electron chi connectivity index (χ4n) is 3.03. The van der Waals surface area contributed by atoms with Crippen LogP contribution in [0.25, 0.3) is 5.69 Å². The van der Waals surface area contributed by atoms with E-state index in [9.17, 15) is 27.6 Å². The van der Waals surface area contributed by atoms with Crippen LogP contribution in [0.5, 0.6) is 0 Å². The number of hydrogen-bond donors (Lipinski definition) is 3. The first-order valence-corrected chi connectivity index (χ1v) is 8.72. The molecule has 1 atom stereocenters. The molecule has 3 N–H and O–H groups in total. The summed E-state index contributed by atoms with van der Waals surface area (Å²) in [5, 5.41) is 14.1. The van der Waals surface area contributed by atoms with E-state index in [1.807, 2.05) is 0 Å². The van der Waals surface area contributed by atoms with Gasteiger partial charge in [0, 0.05) is 12.1 Å². The summed E-state index contributed by atoms with van der Waals surface area (Å²) in [5.74, 6) is -4.40. The third-order valence-electron chi connectivity index (χ3n) is 4.41. The number of aromatic nitrogens is 2. The van der Waals surface area contributed by atoms with Gasteiger partial charge in [0.25, 0.3) is 11.5 Å². The number of rotatable bonds is 6. The lowest BCUT2D eigenvalue weighted by Gasteiger charge is -2.19. The second-order valence-electron chi connectivity index (χ2n) is 6.56. The van der Waals surface area contributed by atoms with Crippen LogP contribution in [0.2, 0.25) is 0 Å². The first-order chi connectivity index (χ1) is 14.2. The Hall–Kier alpha value is -3.82. The lowest BCUT2D eigenvalue weighted by molar-refractivity contribution is -0.137. The van der Waals surface area contributed by atoms with E-state index in [1.165, 1.54) is 12.1 Å². The summed E-state index contributed by atoms with van der Waals surface area (Å²) in [4.78, 5) is 36.0. The molecule has 0 saturated carbocycles. The third-order valence-corrected chi connectivity index (χ3v) is 4.41. The minimum Gasteiger partial charge on any atom is -0.481 e. The van der Waals surface area contributed by atoms with Crippen LogP contribution in [0.15, 0.2) is 47.3 Å². The lowest BCUT2D eigenvalue weighted by Crippen LogP contribution is -2.31. The van der Waals surface area contributed by atoms with Crippen molar-refractivity contribution in [1.82, 2.24) is 15.1 Å². The molecule has 1 heterocycles. The third kappa shape index (κ3) is 4.43. The van der Waals surface area contributed by atoms with Crippen molar-refractivity contribution in [2.75, 3.05) is 0 Å². The SMILES string of the molecule is Cc1cc(F)ccc1C(CC(=O)O)NC(=O)c1cc(=O)n(-c2ccc(F)cc2F)[nH]1. The highest BCUT2D eigenvalue weighted by Crippen LogP contribution is 2.22. The maximum atomic E-state index is 14.0. The minimum atomic E-state index is -1.21. The van der Waals surface area contributed by atoms with Crippen LogP contribution in [0.1, 0.15) is 34.1 Å². The van der Waals surface area contributed by atoms with E-state index in [0.29, 0.717) is 17.2 Å². The summed E-state index contributed by atoms with van der Waals surface area (Å²) < 4.78 is 41.1. The molecule has 2 aromatic carbocycles. The highest BCUT2D eigenvalue weighted by atomic mass is 19.1. The van der Waals surface area contributed by atoms with Gasteiger partial charge >= 0.3 is 5.97 Å². The highest BCUT2D eigenvalue weighted by Gasteiger charge is 2.22. The number of aryl methyl sites for hydroxylation is 1. The molecule has 1 aromatic heterocycles. The van der Waals surface area contributed by atoms with Crippen LogP contribution in [0, 0.1) is 24.4 Å².